The quantitative estimate of drug-likeness (QED) is 0.493. The molecule has 1 aromatic carbocycles. The highest BCUT2D eigenvalue weighted by Gasteiger charge is 2.34. The van der Waals surface area contributed by atoms with E-state index in [2.05, 4.69) is 9.97 Å². The van der Waals surface area contributed by atoms with E-state index in [0.29, 0.717) is 28.9 Å². The molecule has 8 nitrogen and oxygen atoms in total. The molecule has 3 rings (SSSR count). The Kier molecular flexibility index (Phi) is 8.08. The van der Waals surface area contributed by atoms with E-state index in [4.69, 9.17) is 9.47 Å². The first-order valence-electron chi connectivity index (χ1n) is 11.4. The second-order valence-corrected chi connectivity index (χ2v) is 11.4. The highest BCUT2D eigenvalue weighted by molar-refractivity contribution is 7.92. The molecule has 0 spiro atoms. The number of nitrogens with zero attached hydrogens (tertiary/aromatic N) is 3. The van der Waals surface area contributed by atoms with Crippen LogP contribution in [0.3, 0.4) is 0 Å². The summed E-state index contributed by atoms with van der Waals surface area (Å²) in [6.07, 6.45) is 5.81. The molecule has 1 fully saturated rings. The molecule has 0 radical (unpaired) electrons. The predicted octanol–water partition coefficient (Wildman–Crippen LogP) is 4.31. The molecule has 0 saturated carbocycles. The standard InChI is InChI=1S/C25H32FN3O5S/c1-16(2)22-21(12-11-19-15-20(13-14-30)34-25(3,4)33-19)23(17-7-9-18(26)10-8-17)28-24(27-22)29(5)35(6,31)32/h7-12,14,16,19-20H,13,15H2,1-6H3/b12-11+/t19-,20+/m1/s1. The first-order chi connectivity index (χ1) is 16.3. The molecule has 0 unspecified atom stereocenters. The number of benzene rings is 1. The lowest BCUT2D eigenvalue weighted by Crippen LogP contribution is -2.44. The number of carbonyl (C=O) groups excluding carboxylic acids is 1. The molecule has 0 aliphatic carbocycles. The summed E-state index contributed by atoms with van der Waals surface area (Å²) < 4.78 is 50.9. The first-order valence-corrected chi connectivity index (χ1v) is 13.2. The molecule has 1 aliphatic heterocycles. The Labute approximate surface area is 206 Å². The van der Waals surface area contributed by atoms with Gasteiger partial charge in [-0.3, -0.25) is 0 Å². The lowest BCUT2D eigenvalue weighted by molar-refractivity contribution is -0.289. The van der Waals surface area contributed by atoms with Gasteiger partial charge < -0.3 is 14.3 Å². The maximum Gasteiger partial charge on any atom is 0.239 e. The Hall–Kier alpha value is -2.69. The number of halogens is 1. The number of rotatable bonds is 8. The smallest absolute Gasteiger partial charge is 0.239 e. The average Bonchev–Trinajstić information content (AvgIpc) is 2.75. The van der Waals surface area contributed by atoms with E-state index >= 15 is 0 Å². The maximum absolute atomic E-state index is 13.6. The second kappa shape index (κ2) is 10.5. The third kappa shape index (κ3) is 6.71. The second-order valence-electron chi connectivity index (χ2n) is 9.36. The van der Waals surface area contributed by atoms with Crippen LogP contribution in [0.5, 0.6) is 0 Å². The van der Waals surface area contributed by atoms with E-state index in [0.717, 1.165) is 16.8 Å². The lowest BCUT2D eigenvalue weighted by atomic mass is 9.97. The molecular weight excluding hydrogens is 473 g/mol. The van der Waals surface area contributed by atoms with Gasteiger partial charge in [-0.1, -0.05) is 26.0 Å². The van der Waals surface area contributed by atoms with Gasteiger partial charge in [-0.2, -0.15) is 0 Å². The Morgan fingerprint density at radius 2 is 1.86 bits per heavy atom. The van der Waals surface area contributed by atoms with Crippen molar-refractivity contribution in [1.82, 2.24) is 9.97 Å². The average molecular weight is 506 g/mol. The van der Waals surface area contributed by atoms with Crippen molar-refractivity contribution in [3.8, 4) is 11.3 Å². The summed E-state index contributed by atoms with van der Waals surface area (Å²) in [6.45, 7) is 7.50. The van der Waals surface area contributed by atoms with Crippen molar-refractivity contribution in [2.75, 3.05) is 17.6 Å². The normalized spacial score (nSPS) is 20.3. The Balaban J connectivity index is 2.14. The van der Waals surface area contributed by atoms with Crippen molar-refractivity contribution < 1.29 is 27.1 Å². The summed E-state index contributed by atoms with van der Waals surface area (Å²) in [6, 6.07) is 5.84. The molecule has 2 heterocycles. The van der Waals surface area contributed by atoms with Crippen LogP contribution in [0.15, 0.2) is 30.3 Å². The fourth-order valence-electron chi connectivity index (χ4n) is 3.92. The Morgan fingerprint density at radius 3 is 2.43 bits per heavy atom. The minimum Gasteiger partial charge on any atom is -0.347 e. The van der Waals surface area contributed by atoms with Crippen LogP contribution in [-0.2, 0) is 24.3 Å². The van der Waals surface area contributed by atoms with Crippen LogP contribution in [0.1, 0.15) is 57.7 Å². The highest BCUT2D eigenvalue weighted by atomic mass is 32.2. The summed E-state index contributed by atoms with van der Waals surface area (Å²) in [5.41, 5.74) is 2.40. The van der Waals surface area contributed by atoms with Gasteiger partial charge in [0.05, 0.1) is 29.9 Å². The van der Waals surface area contributed by atoms with Crippen molar-refractivity contribution in [1.29, 1.82) is 0 Å². The zero-order valence-electron chi connectivity index (χ0n) is 20.9. The van der Waals surface area contributed by atoms with Crippen LogP contribution in [-0.4, -0.2) is 56.0 Å². The number of aromatic nitrogens is 2. The molecule has 1 aliphatic rings. The van der Waals surface area contributed by atoms with E-state index in [1.165, 1.54) is 19.2 Å². The van der Waals surface area contributed by atoms with Crippen LogP contribution in [0.2, 0.25) is 0 Å². The van der Waals surface area contributed by atoms with Crippen molar-refractivity contribution in [2.45, 2.75) is 64.4 Å². The molecule has 2 atom stereocenters. The fraction of sp³-hybridized carbons (Fsp3) is 0.480. The SMILES string of the molecule is CC(C)c1nc(N(C)S(C)(=O)=O)nc(-c2ccc(F)cc2)c1/C=C/[C@@H]1C[C@H](CC=O)OC(C)(C)O1. The van der Waals surface area contributed by atoms with Crippen molar-refractivity contribution >= 4 is 28.3 Å². The molecule has 0 bridgehead atoms. The van der Waals surface area contributed by atoms with E-state index in [-0.39, 0.29) is 30.5 Å². The summed E-state index contributed by atoms with van der Waals surface area (Å²) in [4.78, 5) is 20.2. The topological polar surface area (TPSA) is 98.7 Å². The molecule has 2 aromatic rings. The summed E-state index contributed by atoms with van der Waals surface area (Å²) >= 11 is 0. The molecule has 1 saturated heterocycles. The fourth-order valence-corrected chi connectivity index (χ4v) is 4.30. The molecular formula is C25H32FN3O5S. The first kappa shape index (κ1) is 26.9. The zero-order valence-corrected chi connectivity index (χ0v) is 21.7. The predicted molar refractivity (Wildman–Crippen MR) is 133 cm³/mol. The van der Waals surface area contributed by atoms with E-state index in [9.17, 15) is 17.6 Å². The Bertz CT molecular complexity index is 1200. The minimum atomic E-state index is -3.60. The van der Waals surface area contributed by atoms with Gasteiger partial charge in [0.2, 0.25) is 16.0 Å². The summed E-state index contributed by atoms with van der Waals surface area (Å²) in [5.74, 6) is -1.29. The van der Waals surface area contributed by atoms with Crippen LogP contribution in [0.25, 0.3) is 17.3 Å². The van der Waals surface area contributed by atoms with Gasteiger partial charge in [-0.05, 0) is 44.0 Å². The van der Waals surface area contributed by atoms with Crippen molar-refractivity contribution in [2.24, 2.45) is 0 Å². The number of aldehydes is 1. The molecule has 10 heteroatoms. The Morgan fingerprint density at radius 1 is 1.20 bits per heavy atom. The molecule has 0 N–H and O–H groups in total. The monoisotopic (exact) mass is 505 g/mol. The van der Waals surface area contributed by atoms with Gasteiger partial charge in [-0.15, -0.1) is 0 Å². The molecule has 35 heavy (non-hydrogen) atoms. The van der Waals surface area contributed by atoms with Crippen molar-refractivity contribution in [3.63, 3.8) is 0 Å². The van der Waals surface area contributed by atoms with Gasteiger partial charge in [0, 0.05) is 31.0 Å². The number of hydrogen-bond donors (Lipinski definition) is 0. The van der Waals surface area contributed by atoms with Crippen molar-refractivity contribution in [3.05, 3.63) is 47.4 Å². The van der Waals surface area contributed by atoms with E-state index < -0.39 is 21.6 Å². The minimum absolute atomic E-state index is 0.0298. The number of hydrogen-bond acceptors (Lipinski definition) is 7. The van der Waals surface area contributed by atoms with Crippen LogP contribution >= 0.6 is 0 Å². The number of sulfonamides is 1. The lowest BCUT2D eigenvalue weighted by Gasteiger charge is -2.39. The molecule has 190 valence electrons. The number of ether oxygens (including phenoxy) is 2. The third-order valence-corrected chi connectivity index (χ3v) is 6.78. The molecule has 0 amide bonds. The van der Waals surface area contributed by atoms with Crippen LogP contribution < -0.4 is 4.31 Å². The van der Waals surface area contributed by atoms with Gasteiger partial charge in [0.15, 0.2) is 5.79 Å². The third-order valence-electron chi connectivity index (χ3n) is 5.62. The highest BCUT2D eigenvalue weighted by Crippen LogP contribution is 2.33. The maximum atomic E-state index is 13.6. The van der Waals surface area contributed by atoms with Crippen LogP contribution in [0, 0.1) is 5.82 Å². The van der Waals surface area contributed by atoms with Crippen LogP contribution in [0.4, 0.5) is 10.3 Å². The molecule has 1 aromatic heterocycles. The van der Waals surface area contributed by atoms with E-state index in [1.807, 2.05) is 26.0 Å². The summed E-state index contributed by atoms with van der Waals surface area (Å²) in [5, 5.41) is 0. The summed E-state index contributed by atoms with van der Waals surface area (Å²) in [7, 11) is -2.21. The van der Waals surface area contributed by atoms with E-state index in [1.54, 1.807) is 26.0 Å². The van der Waals surface area contributed by atoms with Gasteiger partial charge in [0.25, 0.3) is 0 Å². The number of anilines is 1. The largest absolute Gasteiger partial charge is 0.347 e. The van der Waals surface area contributed by atoms with Gasteiger partial charge in [0.1, 0.15) is 12.1 Å². The number of carbonyl (C=O) groups is 1. The zero-order chi connectivity index (χ0) is 26.0. The van der Waals surface area contributed by atoms with Gasteiger partial charge >= 0.3 is 0 Å². The van der Waals surface area contributed by atoms with Gasteiger partial charge in [-0.25, -0.2) is 27.1 Å².